The lowest BCUT2D eigenvalue weighted by Gasteiger charge is -2.40. The van der Waals surface area contributed by atoms with E-state index >= 15 is 0 Å². The van der Waals surface area contributed by atoms with Gasteiger partial charge >= 0.3 is 6.09 Å². The molecular formula is C16H23N3O3. The van der Waals surface area contributed by atoms with Crippen LogP contribution in [0.3, 0.4) is 0 Å². The Bertz CT molecular complexity index is 521. The lowest BCUT2D eigenvalue weighted by atomic mass is 10.0. The second kappa shape index (κ2) is 7.26. The first-order valence-corrected chi connectivity index (χ1v) is 7.35. The topological polar surface area (TPSA) is 53.1 Å². The average Bonchev–Trinajstić information content (AvgIpc) is 2.54. The van der Waals surface area contributed by atoms with Gasteiger partial charge in [-0.25, -0.2) is 4.79 Å². The fourth-order valence-corrected chi connectivity index (χ4v) is 2.69. The summed E-state index contributed by atoms with van der Waals surface area (Å²) in [4.78, 5) is 29.4. The molecule has 6 nitrogen and oxygen atoms in total. The first kappa shape index (κ1) is 16.3. The maximum atomic E-state index is 12.6. The third kappa shape index (κ3) is 3.76. The van der Waals surface area contributed by atoms with Gasteiger partial charge in [0.2, 0.25) is 5.91 Å². The number of carbonyl (C=O) groups is 2. The molecule has 0 spiro atoms. The Morgan fingerprint density at radius 1 is 1.27 bits per heavy atom. The number of likely N-dealkylation sites (N-methyl/N-ethyl adjacent to an activating group) is 2. The van der Waals surface area contributed by atoms with E-state index in [2.05, 4.69) is 16.7 Å². The minimum absolute atomic E-state index is 0.0125. The van der Waals surface area contributed by atoms with Crippen molar-refractivity contribution in [1.29, 1.82) is 0 Å². The smallest absolute Gasteiger partial charge is 0.409 e. The average molecular weight is 305 g/mol. The van der Waals surface area contributed by atoms with E-state index in [1.54, 1.807) is 7.05 Å². The van der Waals surface area contributed by atoms with E-state index in [-0.39, 0.29) is 18.5 Å². The molecule has 2 rings (SSSR count). The first-order valence-electron chi connectivity index (χ1n) is 7.35. The zero-order chi connectivity index (χ0) is 16.1. The highest BCUT2D eigenvalue weighted by atomic mass is 16.5. The highest BCUT2D eigenvalue weighted by Crippen LogP contribution is 2.24. The molecule has 2 amide bonds. The molecule has 0 bridgehead atoms. The van der Waals surface area contributed by atoms with Crippen LogP contribution in [-0.4, -0.2) is 74.1 Å². The number of ether oxygens (including phenoxy) is 1. The van der Waals surface area contributed by atoms with Crippen molar-refractivity contribution in [3.63, 3.8) is 0 Å². The van der Waals surface area contributed by atoms with E-state index in [9.17, 15) is 9.59 Å². The van der Waals surface area contributed by atoms with Crippen LogP contribution in [0.15, 0.2) is 30.3 Å². The number of carbonyl (C=O) groups excluding carboxylic acids is 2. The van der Waals surface area contributed by atoms with Crippen molar-refractivity contribution < 1.29 is 14.3 Å². The van der Waals surface area contributed by atoms with Crippen LogP contribution >= 0.6 is 0 Å². The van der Waals surface area contributed by atoms with E-state index in [1.807, 2.05) is 35.2 Å². The second-order valence-corrected chi connectivity index (χ2v) is 5.60. The molecule has 1 aromatic rings. The maximum absolute atomic E-state index is 12.6. The molecule has 0 aromatic heterocycles. The van der Waals surface area contributed by atoms with Crippen molar-refractivity contribution in [3.8, 4) is 0 Å². The first-order chi connectivity index (χ1) is 10.5. The Morgan fingerprint density at radius 2 is 1.95 bits per heavy atom. The number of hydrogen-bond donors (Lipinski definition) is 0. The number of amides is 2. The zero-order valence-electron chi connectivity index (χ0n) is 13.4. The predicted octanol–water partition coefficient (Wildman–Crippen LogP) is 1.20. The summed E-state index contributed by atoms with van der Waals surface area (Å²) in [5.74, 6) is -0.0603. The van der Waals surface area contributed by atoms with Crippen LogP contribution in [0.4, 0.5) is 4.79 Å². The van der Waals surface area contributed by atoms with Gasteiger partial charge in [-0.1, -0.05) is 30.3 Å². The summed E-state index contributed by atoms with van der Waals surface area (Å²) in [6, 6.07) is 10.0. The molecule has 1 heterocycles. The van der Waals surface area contributed by atoms with Crippen LogP contribution < -0.4 is 0 Å². The molecule has 0 aliphatic carbocycles. The monoisotopic (exact) mass is 305 g/mol. The molecule has 22 heavy (non-hydrogen) atoms. The summed E-state index contributed by atoms with van der Waals surface area (Å²) in [6.45, 7) is 2.30. The SMILES string of the molecule is COC(=O)N(C)CC(=O)N1CCN(C)C[C@@H]1c1ccccc1. The zero-order valence-corrected chi connectivity index (χ0v) is 13.4. The van der Waals surface area contributed by atoms with Gasteiger partial charge in [-0.3, -0.25) is 4.79 Å². The normalized spacial score (nSPS) is 18.9. The van der Waals surface area contributed by atoms with Crippen molar-refractivity contribution in [2.24, 2.45) is 0 Å². The van der Waals surface area contributed by atoms with Crippen molar-refractivity contribution in [1.82, 2.24) is 14.7 Å². The summed E-state index contributed by atoms with van der Waals surface area (Å²) < 4.78 is 4.64. The Balaban J connectivity index is 2.12. The van der Waals surface area contributed by atoms with Crippen LogP contribution in [0, 0.1) is 0 Å². The summed E-state index contributed by atoms with van der Waals surface area (Å²) in [5.41, 5.74) is 1.11. The molecular weight excluding hydrogens is 282 g/mol. The lowest BCUT2D eigenvalue weighted by Crippen LogP contribution is -2.52. The van der Waals surface area contributed by atoms with Gasteiger partial charge in [-0.05, 0) is 12.6 Å². The van der Waals surface area contributed by atoms with E-state index < -0.39 is 6.09 Å². The third-order valence-electron chi connectivity index (χ3n) is 3.95. The lowest BCUT2D eigenvalue weighted by molar-refractivity contribution is -0.136. The molecule has 6 heteroatoms. The Kier molecular flexibility index (Phi) is 5.38. The van der Waals surface area contributed by atoms with E-state index in [4.69, 9.17) is 0 Å². The van der Waals surface area contributed by atoms with Crippen LogP contribution in [0.5, 0.6) is 0 Å². The van der Waals surface area contributed by atoms with E-state index in [1.165, 1.54) is 12.0 Å². The summed E-state index contributed by atoms with van der Waals surface area (Å²) in [7, 11) is 4.93. The Hall–Kier alpha value is -2.08. The number of rotatable bonds is 3. The molecule has 1 atom stereocenters. The van der Waals surface area contributed by atoms with Gasteiger partial charge in [0.1, 0.15) is 6.54 Å². The second-order valence-electron chi connectivity index (χ2n) is 5.60. The van der Waals surface area contributed by atoms with Gasteiger partial charge in [0.15, 0.2) is 0 Å². The maximum Gasteiger partial charge on any atom is 0.409 e. The van der Waals surface area contributed by atoms with Crippen LogP contribution in [0.2, 0.25) is 0 Å². The molecule has 0 unspecified atom stereocenters. The molecule has 1 aromatic carbocycles. The Morgan fingerprint density at radius 3 is 2.59 bits per heavy atom. The molecule has 1 aliphatic rings. The van der Waals surface area contributed by atoms with Crippen molar-refractivity contribution in [3.05, 3.63) is 35.9 Å². The van der Waals surface area contributed by atoms with Gasteiger partial charge in [0.05, 0.1) is 13.2 Å². The fourth-order valence-electron chi connectivity index (χ4n) is 2.69. The van der Waals surface area contributed by atoms with Gasteiger partial charge in [0, 0.05) is 26.7 Å². The standard InChI is InChI=1S/C16H23N3O3/c1-17-9-10-19(15(20)12-18(2)16(21)22-3)14(11-17)13-7-5-4-6-8-13/h4-8,14H,9-12H2,1-3H3/t14-/m1/s1. The number of nitrogens with zero attached hydrogens (tertiary/aromatic N) is 3. The van der Waals surface area contributed by atoms with Gasteiger partial charge in [0.25, 0.3) is 0 Å². The highest BCUT2D eigenvalue weighted by molar-refractivity contribution is 5.82. The number of hydrogen-bond acceptors (Lipinski definition) is 4. The van der Waals surface area contributed by atoms with Gasteiger partial charge in [-0.15, -0.1) is 0 Å². The number of methoxy groups -OCH3 is 1. The fraction of sp³-hybridized carbons (Fsp3) is 0.500. The summed E-state index contributed by atoms with van der Waals surface area (Å²) >= 11 is 0. The highest BCUT2D eigenvalue weighted by Gasteiger charge is 2.31. The van der Waals surface area contributed by atoms with E-state index in [0.717, 1.165) is 18.7 Å². The minimum atomic E-state index is -0.501. The van der Waals surface area contributed by atoms with Gasteiger partial charge in [-0.2, -0.15) is 0 Å². The third-order valence-corrected chi connectivity index (χ3v) is 3.95. The molecule has 120 valence electrons. The molecule has 0 N–H and O–H groups in total. The Labute approximate surface area is 131 Å². The van der Waals surface area contributed by atoms with Crippen molar-refractivity contribution >= 4 is 12.0 Å². The quantitative estimate of drug-likeness (QED) is 0.842. The molecule has 1 aliphatic heterocycles. The summed E-state index contributed by atoms with van der Waals surface area (Å²) in [5, 5.41) is 0. The van der Waals surface area contributed by atoms with Crippen molar-refractivity contribution in [2.75, 3.05) is 47.4 Å². The van der Waals surface area contributed by atoms with Crippen molar-refractivity contribution in [2.45, 2.75) is 6.04 Å². The number of benzene rings is 1. The van der Waals surface area contributed by atoms with E-state index in [0.29, 0.717) is 6.54 Å². The van der Waals surface area contributed by atoms with Crippen LogP contribution in [0.25, 0.3) is 0 Å². The van der Waals surface area contributed by atoms with Crippen LogP contribution in [0.1, 0.15) is 11.6 Å². The molecule has 0 radical (unpaired) electrons. The summed E-state index contributed by atoms with van der Waals surface area (Å²) in [6.07, 6.45) is -0.501. The predicted molar refractivity (Wildman–Crippen MR) is 83.4 cm³/mol. The molecule has 1 fully saturated rings. The molecule has 1 saturated heterocycles. The van der Waals surface area contributed by atoms with Gasteiger partial charge < -0.3 is 19.4 Å². The number of piperazine rings is 1. The molecule has 0 saturated carbocycles. The van der Waals surface area contributed by atoms with Crippen LogP contribution in [-0.2, 0) is 9.53 Å². The minimum Gasteiger partial charge on any atom is -0.453 e. The largest absolute Gasteiger partial charge is 0.453 e.